The van der Waals surface area contributed by atoms with E-state index in [1.807, 2.05) is 107 Å². The number of hydrogen-bond acceptors (Lipinski definition) is 8. The van der Waals surface area contributed by atoms with Crippen molar-refractivity contribution < 1.29 is 33.9 Å². The van der Waals surface area contributed by atoms with Crippen LogP contribution in [0.4, 0.5) is 0 Å². The molecule has 0 saturated heterocycles. The second-order valence-electron chi connectivity index (χ2n) is 19.4. The van der Waals surface area contributed by atoms with E-state index in [0.29, 0.717) is 53.5 Å². The van der Waals surface area contributed by atoms with E-state index in [1.54, 1.807) is 13.0 Å². The Bertz CT molecular complexity index is 2030. The molecule has 326 valence electrons. The molecule has 3 aromatic carbocycles. The van der Waals surface area contributed by atoms with Crippen LogP contribution < -0.4 is 0 Å². The van der Waals surface area contributed by atoms with Gasteiger partial charge in [-0.05, 0) is 41.0 Å². The summed E-state index contributed by atoms with van der Waals surface area (Å²) < 4.78 is 0. The van der Waals surface area contributed by atoms with Crippen LogP contribution in [0.5, 0.6) is 0 Å². The molecule has 61 heavy (non-hydrogen) atoms. The third kappa shape index (κ3) is 10.9. The number of ketones is 5. The van der Waals surface area contributed by atoms with E-state index in [4.69, 9.17) is 16.4 Å². The number of aliphatic hydroxyl groups is 1. The summed E-state index contributed by atoms with van der Waals surface area (Å²) in [5.41, 5.74) is -0.317. The van der Waals surface area contributed by atoms with Gasteiger partial charge in [0.2, 0.25) is 5.78 Å². The molecule has 6 atom stereocenters. The molecule has 6 rings (SSSR count). The summed E-state index contributed by atoms with van der Waals surface area (Å²) in [6.07, 6.45) is 7.44. The molecule has 1 spiro atoms. The second kappa shape index (κ2) is 19.8. The van der Waals surface area contributed by atoms with Crippen molar-refractivity contribution in [3.63, 3.8) is 0 Å². The standard InChI is InChI=1S/C52H64ClNO7/c1-6-17-37(48(58)47(57)26-34(2)52(60,38-21-12-8-13-22-38)39-23-14-9-15-24-39)29-46(56)42-31-51(33-45(54-61-51)36-20-16-25-40(53)28-36)32-43(42)49(59)44(50(3,4)5)30-41(55)27-35-18-10-7-11-19-35/h8-9,12-16,20-25,28,34-35,37,42-44,60H,6-7,10-11,17-19,26-27,29-33H2,1-5H3/t34-,37-,42-,43?,44-,51-/m1/s1. The number of nitrogens with zero attached hydrogens (tertiary/aromatic N) is 1. The van der Waals surface area contributed by atoms with Gasteiger partial charge in [0.25, 0.3) is 0 Å². The number of rotatable bonds is 19. The van der Waals surface area contributed by atoms with Gasteiger partial charge in [0.1, 0.15) is 28.6 Å². The van der Waals surface area contributed by atoms with Crippen molar-refractivity contribution >= 4 is 46.2 Å². The molecule has 1 heterocycles. The van der Waals surface area contributed by atoms with Crippen molar-refractivity contribution in [2.24, 2.45) is 46.1 Å². The van der Waals surface area contributed by atoms with Crippen molar-refractivity contribution in [1.82, 2.24) is 0 Å². The van der Waals surface area contributed by atoms with Crippen LogP contribution in [0.3, 0.4) is 0 Å². The van der Waals surface area contributed by atoms with Gasteiger partial charge in [-0.2, -0.15) is 0 Å². The minimum atomic E-state index is -1.55. The van der Waals surface area contributed by atoms with Crippen molar-refractivity contribution in [3.8, 4) is 0 Å². The Morgan fingerprint density at radius 2 is 1.46 bits per heavy atom. The predicted molar refractivity (Wildman–Crippen MR) is 239 cm³/mol. The largest absolute Gasteiger partial charge is 0.389 e. The monoisotopic (exact) mass is 849 g/mol. The molecule has 9 heteroatoms. The number of halogens is 1. The lowest BCUT2D eigenvalue weighted by atomic mass is 9.69. The van der Waals surface area contributed by atoms with Crippen LogP contribution in [0, 0.1) is 40.9 Å². The molecule has 2 saturated carbocycles. The average Bonchev–Trinajstić information content (AvgIpc) is 3.85. The first-order valence-electron chi connectivity index (χ1n) is 22.5. The van der Waals surface area contributed by atoms with E-state index < -0.39 is 57.8 Å². The Morgan fingerprint density at radius 1 is 0.836 bits per heavy atom. The van der Waals surface area contributed by atoms with E-state index in [-0.39, 0.29) is 49.5 Å². The zero-order valence-corrected chi connectivity index (χ0v) is 37.4. The molecule has 3 aliphatic rings. The van der Waals surface area contributed by atoms with Crippen LogP contribution in [0.2, 0.25) is 5.02 Å². The fourth-order valence-corrected chi connectivity index (χ4v) is 10.6. The van der Waals surface area contributed by atoms with Gasteiger partial charge in [0.05, 0.1) is 5.71 Å². The van der Waals surface area contributed by atoms with Gasteiger partial charge in [-0.3, -0.25) is 24.0 Å². The molecule has 2 aliphatic carbocycles. The fourth-order valence-electron chi connectivity index (χ4n) is 10.4. The molecular formula is C52H64ClNO7. The number of Topliss-reactive ketones (excluding diaryl/α,β-unsaturated/α-hetero) is 5. The number of benzene rings is 3. The maximum Gasteiger partial charge on any atom is 0.201 e. The van der Waals surface area contributed by atoms with Crippen molar-refractivity contribution in [2.75, 3.05) is 0 Å². The maximum atomic E-state index is 15.0. The quantitative estimate of drug-likeness (QED) is 0.119. The van der Waals surface area contributed by atoms with Gasteiger partial charge in [-0.25, -0.2) is 0 Å². The Labute approximate surface area is 367 Å². The smallest absolute Gasteiger partial charge is 0.201 e. The van der Waals surface area contributed by atoms with E-state index in [1.165, 1.54) is 6.42 Å². The molecule has 0 radical (unpaired) electrons. The van der Waals surface area contributed by atoms with Crippen LogP contribution in [-0.4, -0.2) is 45.3 Å². The summed E-state index contributed by atoms with van der Waals surface area (Å²) in [5.74, 6) is -4.93. The van der Waals surface area contributed by atoms with Gasteiger partial charge in [0, 0.05) is 85.1 Å². The summed E-state index contributed by atoms with van der Waals surface area (Å²) >= 11 is 6.34. The summed E-state index contributed by atoms with van der Waals surface area (Å²) in [4.78, 5) is 77.9. The SMILES string of the molecule is CCC[C@H](CC(=O)[C@@H]1C[C@]2(CC(c3cccc(Cl)c3)=NO2)CC1C(=O)[C@@H](CC(=O)CC1CCCCC1)C(C)(C)C)C(=O)C(=O)C[C@@H](C)C(O)(c1ccccc1)c1ccccc1. The first kappa shape index (κ1) is 46.2. The summed E-state index contributed by atoms with van der Waals surface area (Å²) in [7, 11) is 0. The zero-order chi connectivity index (χ0) is 44.0. The molecule has 1 aliphatic heterocycles. The van der Waals surface area contributed by atoms with Gasteiger partial charge in [-0.1, -0.05) is 163 Å². The molecule has 1 unspecified atom stereocenters. The Kier molecular flexibility index (Phi) is 15.0. The van der Waals surface area contributed by atoms with Crippen LogP contribution in [0.1, 0.15) is 141 Å². The van der Waals surface area contributed by atoms with Crippen LogP contribution in [0.25, 0.3) is 0 Å². The van der Waals surface area contributed by atoms with Gasteiger partial charge in [0.15, 0.2) is 5.78 Å². The molecule has 0 aromatic heterocycles. The van der Waals surface area contributed by atoms with E-state index >= 15 is 4.79 Å². The third-order valence-corrected chi connectivity index (χ3v) is 14.1. The van der Waals surface area contributed by atoms with Gasteiger partial charge in [-0.15, -0.1) is 0 Å². The molecular weight excluding hydrogens is 786 g/mol. The highest BCUT2D eigenvalue weighted by atomic mass is 35.5. The lowest BCUT2D eigenvalue weighted by molar-refractivity contribution is -0.142. The van der Waals surface area contributed by atoms with E-state index in [9.17, 15) is 24.3 Å². The Morgan fingerprint density at radius 3 is 2.05 bits per heavy atom. The third-order valence-electron chi connectivity index (χ3n) is 13.9. The number of carbonyl (C=O) groups is 5. The summed E-state index contributed by atoms with van der Waals surface area (Å²) in [6.45, 7) is 9.63. The normalized spacial score (nSPS) is 22.2. The van der Waals surface area contributed by atoms with Crippen molar-refractivity contribution in [3.05, 3.63) is 107 Å². The topological polar surface area (TPSA) is 127 Å². The first-order valence-corrected chi connectivity index (χ1v) is 22.9. The van der Waals surface area contributed by atoms with Crippen LogP contribution >= 0.6 is 11.6 Å². The predicted octanol–water partition coefficient (Wildman–Crippen LogP) is 10.9. The Balaban J connectivity index is 1.24. The van der Waals surface area contributed by atoms with E-state index in [0.717, 1.165) is 31.2 Å². The summed E-state index contributed by atoms with van der Waals surface area (Å²) in [6, 6.07) is 25.6. The number of carbonyl (C=O) groups excluding carboxylic acids is 5. The molecule has 8 nitrogen and oxygen atoms in total. The fraction of sp³-hybridized carbons (Fsp3) is 0.538. The second-order valence-corrected chi connectivity index (χ2v) is 19.9. The first-order chi connectivity index (χ1) is 29.0. The minimum absolute atomic E-state index is 0.0900. The lowest BCUT2D eigenvalue weighted by Crippen LogP contribution is -2.39. The van der Waals surface area contributed by atoms with Crippen molar-refractivity contribution in [1.29, 1.82) is 0 Å². The highest BCUT2D eigenvalue weighted by molar-refractivity contribution is 6.38. The van der Waals surface area contributed by atoms with Crippen LogP contribution in [-0.2, 0) is 34.4 Å². The molecule has 0 amide bonds. The Hall–Kier alpha value is -4.27. The number of hydrogen-bond donors (Lipinski definition) is 1. The number of oxime groups is 1. The van der Waals surface area contributed by atoms with Gasteiger partial charge < -0.3 is 9.94 Å². The highest BCUT2D eigenvalue weighted by Gasteiger charge is 2.57. The zero-order valence-electron chi connectivity index (χ0n) is 36.7. The molecule has 1 N–H and O–H groups in total. The molecule has 3 aromatic rings. The van der Waals surface area contributed by atoms with E-state index in [2.05, 4.69) is 5.16 Å². The lowest BCUT2D eigenvalue weighted by Gasteiger charge is -2.35. The van der Waals surface area contributed by atoms with Gasteiger partial charge >= 0.3 is 0 Å². The summed E-state index contributed by atoms with van der Waals surface area (Å²) in [5, 5.41) is 17.3. The minimum Gasteiger partial charge on any atom is -0.389 e. The average molecular weight is 851 g/mol. The highest BCUT2D eigenvalue weighted by Crippen LogP contribution is 2.51. The molecule has 2 fully saturated rings. The van der Waals surface area contributed by atoms with Crippen LogP contribution in [0.15, 0.2) is 90.1 Å². The molecule has 0 bridgehead atoms. The maximum absolute atomic E-state index is 15.0. The van der Waals surface area contributed by atoms with Crippen molar-refractivity contribution in [2.45, 2.75) is 136 Å².